The predicted molar refractivity (Wildman–Crippen MR) is 141 cm³/mol. The lowest BCUT2D eigenvalue weighted by atomic mass is 10.2. The molecular formula is C23H31ClIN5O2. The third-order valence-corrected chi connectivity index (χ3v) is 5.38. The van der Waals surface area contributed by atoms with Gasteiger partial charge in [0.05, 0.1) is 0 Å². The minimum absolute atomic E-state index is 0. The zero-order valence-corrected chi connectivity index (χ0v) is 21.8. The van der Waals surface area contributed by atoms with Crippen LogP contribution in [-0.4, -0.2) is 63.6 Å². The molecule has 1 fully saturated rings. The lowest BCUT2D eigenvalue weighted by Crippen LogP contribution is -2.44. The normalized spacial score (nSPS) is 15.7. The fourth-order valence-electron chi connectivity index (χ4n) is 3.38. The average molecular weight is 572 g/mol. The van der Waals surface area contributed by atoms with Crippen molar-refractivity contribution in [1.82, 2.24) is 15.5 Å². The Morgan fingerprint density at radius 3 is 2.75 bits per heavy atom. The van der Waals surface area contributed by atoms with Crippen LogP contribution in [0.2, 0.25) is 5.02 Å². The van der Waals surface area contributed by atoms with E-state index in [0.717, 1.165) is 41.7 Å². The number of nitrogens with zero attached hydrogens (tertiary/aromatic N) is 3. The Morgan fingerprint density at radius 2 is 2.03 bits per heavy atom. The third kappa shape index (κ3) is 7.74. The summed E-state index contributed by atoms with van der Waals surface area (Å²) in [6, 6.07) is 16.0. The van der Waals surface area contributed by atoms with Gasteiger partial charge in [0, 0.05) is 57.5 Å². The fourth-order valence-corrected chi connectivity index (χ4v) is 3.56. The SMILES string of the molecule is CN=C(NCc1cccc(OCC(=O)N(C)C)c1)NC1CCN(c2cccc(Cl)c2)C1.I. The first kappa shape index (κ1) is 26.1. The second kappa shape index (κ2) is 12.7. The average Bonchev–Trinajstić information content (AvgIpc) is 3.23. The molecule has 0 aliphatic carbocycles. The van der Waals surface area contributed by atoms with Crippen LogP contribution in [0.25, 0.3) is 0 Å². The van der Waals surface area contributed by atoms with Crippen molar-refractivity contribution in [3.05, 3.63) is 59.1 Å². The van der Waals surface area contributed by atoms with Crippen molar-refractivity contribution in [2.45, 2.75) is 19.0 Å². The first-order valence-corrected chi connectivity index (χ1v) is 10.7. The maximum Gasteiger partial charge on any atom is 0.259 e. The zero-order chi connectivity index (χ0) is 22.2. The Hall–Kier alpha value is -2.20. The molecule has 1 heterocycles. The van der Waals surface area contributed by atoms with E-state index in [-0.39, 0.29) is 36.5 Å². The summed E-state index contributed by atoms with van der Waals surface area (Å²) in [5.41, 5.74) is 2.19. The second-order valence-electron chi connectivity index (χ2n) is 7.71. The van der Waals surface area contributed by atoms with Crippen molar-refractivity contribution in [3.8, 4) is 5.75 Å². The van der Waals surface area contributed by atoms with Gasteiger partial charge in [-0.25, -0.2) is 0 Å². The monoisotopic (exact) mass is 571 g/mol. The molecule has 3 rings (SSSR count). The van der Waals surface area contributed by atoms with E-state index in [1.54, 1.807) is 21.1 Å². The lowest BCUT2D eigenvalue weighted by molar-refractivity contribution is -0.130. The number of carbonyl (C=O) groups is 1. The Balaban J connectivity index is 0.00000363. The molecule has 1 saturated heterocycles. The topological polar surface area (TPSA) is 69.2 Å². The summed E-state index contributed by atoms with van der Waals surface area (Å²) in [6.07, 6.45) is 1.02. The van der Waals surface area contributed by atoms with Gasteiger partial charge in [-0.05, 0) is 42.3 Å². The fraction of sp³-hybridized carbons (Fsp3) is 0.391. The molecule has 0 radical (unpaired) electrons. The van der Waals surface area contributed by atoms with Crippen LogP contribution >= 0.6 is 35.6 Å². The van der Waals surface area contributed by atoms with Gasteiger partial charge in [-0.15, -0.1) is 24.0 Å². The number of carbonyl (C=O) groups excluding carboxylic acids is 1. The van der Waals surface area contributed by atoms with Crippen LogP contribution in [0.15, 0.2) is 53.5 Å². The molecule has 1 aliphatic heterocycles. The molecule has 9 heteroatoms. The minimum Gasteiger partial charge on any atom is -0.484 e. The number of nitrogens with one attached hydrogen (secondary N) is 2. The molecule has 1 aliphatic rings. The van der Waals surface area contributed by atoms with E-state index >= 15 is 0 Å². The van der Waals surface area contributed by atoms with Gasteiger partial charge < -0.3 is 25.2 Å². The van der Waals surface area contributed by atoms with Crippen LogP contribution in [0.1, 0.15) is 12.0 Å². The van der Waals surface area contributed by atoms with Gasteiger partial charge in [0.15, 0.2) is 12.6 Å². The maximum absolute atomic E-state index is 11.7. The van der Waals surface area contributed by atoms with Crippen molar-refractivity contribution < 1.29 is 9.53 Å². The number of halogens is 2. The summed E-state index contributed by atoms with van der Waals surface area (Å²) in [6.45, 7) is 2.49. The number of aliphatic imine (C=N–C) groups is 1. The molecule has 2 aromatic rings. The van der Waals surface area contributed by atoms with Crippen molar-refractivity contribution in [2.75, 3.05) is 45.7 Å². The molecule has 7 nitrogen and oxygen atoms in total. The summed E-state index contributed by atoms with van der Waals surface area (Å²) in [5, 5.41) is 7.61. The first-order valence-electron chi connectivity index (χ1n) is 10.3. The number of rotatable bonds is 7. The highest BCUT2D eigenvalue weighted by Crippen LogP contribution is 2.23. The van der Waals surface area contributed by atoms with E-state index in [1.807, 2.05) is 42.5 Å². The second-order valence-corrected chi connectivity index (χ2v) is 8.14. The van der Waals surface area contributed by atoms with Crippen molar-refractivity contribution in [2.24, 2.45) is 4.99 Å². The summed E-state index contributed by atoms with van der Waals surface area (Å²) < 4.78 is 5.59. The van der Waals surface area contributed by atoms with Gasteiger partial charge in [0.1, 0.15) is 5.75 Å². The van der Waals surface area contributed by atoms with Gasteiger partial charge >= 0.3 is 0 Å². The molecule has 0 aromatic heterocycles. The molecule has 174 valence electrons. The summed E-state index contributed by atoms with van der Waals surface area (Å²) in [7, 11) is 5.19. The third-order valence-electron chi connectivity index (χ3n) is 5.15. The highest BCUT2D eigenvalue weighted by Gasteiger charge is 2.23. The number of anilines is 1. The Kier molecular flexibility index (Phi) is 10.4. The van der Waals surface area contributed by atoms with E-state index in [1.165, 1.54) is 4.90 Å². The zero-order valence-electron chi connectivity index (χ0n) is 18.7. The van der Waals surface area contributed by atoms with Crippen LogP contribution in [0.3, 0.4) is 0 Å². The molecule has 32 heavy (non-hydrogen) atoms. The predicted octanol–water partition coefficient (Wildman–Crippen LogP) is 3.37. The van der Waals surface area contributed by atoms with Crippen LogP contribution in [0, 0.1) is 0 Å². The van der Waals surface area contributed by atoms with E-state index in [4.69, 9.17) is 16.3 Å². The number of benzene rings is 2. The number of guanidine groups is 1. The molecule has 1 unspecified atom stereocenters. The summed E-state index contributed by atoms with van der Waals surface area (Å²) in [4.78, 5) is 19.9. The van der Waals surface area contributed by atoms with Gasteiger partial charge in [-0.3, -0.25) is 9.79 Å². The number of hydrogen-bond acceptors (Lipinski definition) is 4. The first-order chi connectivity index (χ1) is 14.9. The van der Waals surface area contributed by atoms with Crippen molar-refractivity contribution >= 4 is 53.1 Å². The molecule has 0 saturated carbocycles. The number of amides is 1. The standard InChI is InChI=1S/C23H30ClN5O2.HI/c1-25-23(27-19-10-11-29(15-19)20-8-5-7-18(24)13-20)26-14-17-6-4-9-21(12-17)31-16-22(30)28(2)3;/h4-9,12-13,19H,10-11,14-16H2,1-3H3,(H2,25,26,27);1H. The number of ether oxygens (including phenoxy) is 1. The van der Waals surface area contributed by atoms with Crippen molar-refractivity contribution in [3.63, 3.8) is 0 Å². The van der Waals surface area contributed by atoms with Gasteiger partial charge in [-0.1, -0.05) is 29.8 Å². The molecule has 0 spiro atoms. The van der Waals surface area contributed by atoms with Gasteiger partial charge in [0.2, 0.25) is 0 Å². The molecule has 2 aromatic carbocycles. The van der Waals surface area contributed by atoms with E-state index in [9.17, 15) is 4.79 Å². The van der Waals surface area contributed by atoms with Crippen molar-refractivity contribution in [1.29, 1.82) is 0 Å². The van der Waals surface area contributed by atoms with Crippen LogP contribution < -0.4 is 20.3 Å². The highest BCUT2D eigenvalue weighted by atomic mass is 127. The maximum atomic E-state index is 11.7. The highest BCUT2D eigenvalue weighted by molar-refractivity contribution is 14.0. The van der Waals surface area contributed by atoms with Crippen LogP contribution in [0.5, 0.6) is 5.75 Å². The van der Waals surface area contributed by atoms with E-state index < -0.39 is 0 Å². The molecule has 1 amide bonds. The van der Waals surface area contributed by atoms with Crippen LogP contribution in [-0.2, 0) is 11.3 Å². The minimum atomic E-state index is -0.0727. The molecule has 2 N–H and O–H groups in total. The number of likely N-dealkylation sites (N-methyl/N-ethyl adjacent to an activating group) is 1. The Morgan fingerprint density at radius 1 is 1.25 bits per heavy atom. The lowest BCUT2D eigenvalue weighted by Gasteiger charge is -2.20. The van der Waals surface area contributed by atoms with E-state index in [2.05, 4.69) is 26.6 Å². The molecule has 0 bridgehead atoms. The molecular weight excluding hydrogens is 541 g/mol. The Labute approximate surface area is 212 Å². The Bertz CT molecular complexity index is 925. The molecule has 1 atom stereocenters. The smallest absolute Gasteiger partial charge is 0.259 e. The van der Waals surface area contributed by atoms with Gasteiger partial charge in [-0.2, -0.15) is 0 Å². The number of hydrogen-bond donors (Lipinski definition) is 2. The van der Waals surface area contributed by atoms with Gasteiger partial charge in [0.25, 0.3) is 5.91 Å². The quantitative estimate of drug-likeness (QED) is 0.303. The van der Waals surface area contributed by atoms with E-state index in [0.29, 0.717) is 18.3 Å². The summed E-state index contributed by atoms with van der Waals surface area (Å²) in [5.74, 6) is 1.36. The summed E-state index contributed by atoms with van der Waals surface area (Å²) >= 11 is 6.13. The van der Waals surface area contributed by atoms with Crippen LogP contribution in [0.4, 0.5) is 5.69 Å². The largest absolute Gasteiger partial charge is 0.484 e.